The molecule has 0 fully saturated rings. The molecular weight excluding hydrogens is 429 g/mol. The van der Waals surface area contributed by atoms with Gasteiger partial charge in [0.15, 0.2) is 0 Å². The lowest BCUT2D eigenvalue weighted by atomic mass is 10.2. The van der Waals surface area contributed by atoms with E-state index in [1.54, 1.807) is 36.4 Å². The fraction of sp³-hybridized carbons (Fsp3) is 0.0769. The molecule has 0 saturated carbocycles. The molecule has 0 aliphatic rings. The molecule has 3 nitrogen and oxygen atoms in total. The molecule has 20 heavy (non-hydrogen) atoms. The largest absolute Gasteiger partial charge is 0.278 e. The Hall–Kier alpha value is -0.560. The van der Waals surface area contributed by atoms with Crippen molar-refractivity contribution in [3.63, 3.8) is 0 Å². The summed E-state index contributed by atoms with van der Waals surface area (Å²) in [4.78, 5) is 0.166. The summed E-state index contributed by atoms with van der Waals surface area (Å²) >= 11 is 12.5. The number of hydrogen-bond donors (Lipinski definition) is 1. The first kappa shape index (κ1) is 15.8. The summed E-state index contributed by atoms with van der Waals surface area (Å²) in [5.41, 5.74) is 1.30. The standard InChI is InChI=1S/C13H10Br2ClNO2S/c1-8-2-5-13(10(15)6-8)20(18,19)17-12-7-9(14)3-4-11(12)16/h2-7,17H,1H3. The van der Waals surface area contributed by atoms with Crippen molar-refractivity contribution in [3.8, 4) is 0 Å². The minimum atomic E-state index is -3.70. The third-order valence-corrected chi connectivity index (χ3v) is 5.71. The number of nitrogens with one attached hydrogen (secondary N) is 1. The number of halogens is 3. The van der Waals surface area contributed by atoms with Gasteiger partial charge in [-0.05, 0) is 58.7 Å². The predicted octanol–water partition coefficient (Wildman–Crippen LogP) is 4.97. The number of sulfonamides is 1. The molecule has 0 spiro atoms. The van der Waals surface area contributed by atoms with Crippen LogP contribution in [0.15, 0.2) is 50.2 Å². The van der Waals surface area contributed by atoms with Gasteiger partial charge in [0.1, 0.15) is 4.90 Å². The average molecular weight is 440 g/mol. The third kappa shape index (κ3) is 3.55. The highest BCUT2D eigenvalue weighted by Gasteiger charge is 2.19. The van der Waals surface area contributed by atoms with E-state index < -0.39 is 10.0 Å². The van der Waals surface area contributed by atoms with Crippen molar-refractivity contribution in [1.29, 1.82) is 0 Å². The van der Waals surface area contributed by atoms with Crippen molar-refractivity contribution in [2.45, 2.75) is 11.8 Å². The molecule has 2 aromatic rings. The number of rotatable bonds is 3. The van der Waals surface area contributed by atoms with Gasteiger partial charge in [-0.25, -0.2) is 8.42 Å². The lowest BCUT2D eigenvalue weighted by molar-refractivity contribution is 0.600. The topological polar surface area (TPSA) is 46.2 Å². The van der Waals surface area contributed by atoms with Gasteiger partial charge >= 0.3 is 0 Å². The molecule has 0 amide bonds. The van der Waals surface area contributed by atoms with Gasteiger partial charge in [0.05, 0.1) is 10.7 Å². The van der Waals surface area contributed by atoms with E-state index in [1.165, 1.54) is 0 Å². The quantitative estimate of drug-likeness (QED) is 0.734. The van der Waals surface area contributed by atoms with Crippen LogP contribution in [-0.2, 0) is 10.0 Å². The van der Waals surface area contributed by atoms with E-state index in [0.717, 1.165) is 10.0 Å². The van der Waals surface area contributed by atoms with Gasteiger partial charge in [0, 0.05) is 8.95 Å². The smallest absolute Gasteiger partial charge is 0.263 e. The zero-order valence-corrected chi connectivity index (χ0v) is 15.1. The Morgan fingerprint density at radius 3 is 2.45 bits per heavy atom. The Morgan fingerprint density at radius 2 is 1.80 bits per heavy atom. The molecule has 0 aromatic heterocycles. The van der Waals surface area contributed by atoms with Crippen LogP contribution < -0.4 is 4.72 Å². The molecule has 0 heterocycles. The second kappa shape index (κ2) is 6.05. The van der Waals surface area contributed by atoms with Crippen LogP contribution in [0.5, 0.6) is 0 Å². The molecule has 0 atom stereocenters. The van der Waals surface area contributed by atoms with Gasteiger partial charge < -0.3 is 0 Å². The highest BCUT2D eigenvalue weighted by molar-refractivity contribution is 9.10. The summed E-state index contributed by atoms with van der Waals surface area (Å²) in [6.07, 6.45) is 0. The zero-order valence-electron chi connectivity index (χ0n) is 10.3. The molecule has 106 valence electrons. The van der Waals surface area contributed by atoms with Crippen LogP contribution in [0, 0.1) is 6.92 Å². The Kier molecular flexibility index (Phi) is 4.79. The van der Waals surface area contributed by atoms with Crippen LogP contribution in [0.2, 0.25) is 5.02 Å². The van der Waals surface area contributed by atoms with E-state index in [-0.39, 0.29) is 4.90 Å². The summed E-state index contributed by atoms with van der Waals surface area (Å²) in [5, 5.41) is 0.333. The zero-order chi connectivity index (χ0) is 14.9. The summed E-state index contributed by atoms with van der Waals surface area (Å²) < 4.78 is 28.5. The SMILES string of the molecule is Cc1ccc(S(=O)(=O)Nc2cc(Br)ccc2Cl)c(Br)c1. The minimum Gasteiger partial charge on any atom is -0.278 e. The van der Waals surface area contributed by atoms with Gasteiger partial charge in [0.25, 0.3) is 10.0 Å². The molecular formula is C13H10Br2ClNO2S. The maximum absolute atomic E-state index is 12.4. The molecule has 0 unspecified atom stereocenters. The van der Waals surface area contributed by atoms with Crippen molar-refractivity contribution < 1.29 is 8.42 Å². The van der Waals surface area contributed by atoms with Gasteiger partial charge in [-0.3, -0.25) is 4.72 Å². The van der Waals surface area contributed by atoms with Crippen LogP contribution in [0.3, 0.4) is 0 Å². The van der Waals surface area contributed by atoms with Gasteiger partial charge in [0.2, 0.25) is 0 Å². The van der Waals surface area contributed by atoms with Crippen LogP contribution in [0.25, 0.3) is 0 Å². The average Bonchev–Trinajstić information content (AvgIpc) is 2.33. The molecule has 2 rings (SSSR count). The van der Waals surface area contributed by atoms with E-state index in [4.69, 9.17) is 11.6 Å². The van der Waals surface area contributed by atoms with Gasteiger partial charge in [-0.15, -0.1) is 0 Å². The molecule has 7 heteroatoms. The Balaban J connectivity index is 2.43. The second-order valence-corrected chi connectivity index (χ2v) is 7.99. The number of hydrogen-bond acceptors (Lipinski definition) is 2. The molecule has 0 aliphatic carbocycles. The Morgan fingerprint density at radius 1 is 1.10 bits per heavy atom. The highest BCUT2D eigenvalue weighted by Crippen LogP contribution is 2.30. The lowest BCUT2D eigenvalue weighted by Gasteiger charge is -2.11. The van der Waals surface area contributed by atoms with Crippen LogP contribution in [0.4, 0.5) is 5.69 Å². The third-order valence-electron chi connectivity index (χ3n) is 2.55. The first-order valence-corrected chi connectivity index (χ1v) is 8.98. The Labute approximate surface area is 139 Å². The number of aryl methyl sites for hydroxylation is 1. The molecule has 0 radical (unpaired) electrons. The first-order chi connectivity index (χ1) is 9.29. The molecule has 0 aliphatic heterocycles. The Bertz CT molecular complexity index is 763. The first-order valence-electron chi connectivity index (χ1n) is 5.53. The fourth-order valence-electron chi connectivity index (χ4n) is 1.60. The van der Waals surface area contributed by atoms with Crippen molar-refractivity contribution in [3.05, 3.63) is 55.9 Å². The van der Waals surface area contributed by atoms with Gasteiger partial charge in [-0.2, -0.15) is 0 Å². The van der Waals surface area contributed by atoms with Crippen molar-refractivity contribution in [2.75, 3.05) is 4.72 Å². The van der Waals surface area contributed by atoms with Crippen molar-refractivity contribution >= 4 is 59.2 Å². The maximum atomic E-state index is 12.4. The van der Waals surface area contributed by atoms with E-state index in [2.05, 4.69) is 36.6 Å². The van der Waals surface area contributed by atoms with Crippen molar-refractivity contribution in [1.82, 2.24) is 0 Å². The molecule has 2 aromatic carbocycles. The monoisotopic (exact) mass is 437 g/mol. The summed E-state index contributed by atoms with van der Waals surface area (Å²) in [5.74, 6) is 0. The lowest BCUT2D eigenvalue weighted by Crippen LogP contribution is -2.14. The van der Waals surface area contributed by atoms with Gasteiger partial charge in [-0.1, -0.05) is 33.6 Å². The summed E-state index contributed by atoms with van der Waals surface area (Å²) in [6.45, 7) is 1.89. The molecule has 0 bridgehead atoms. The van der Waals surface area contributed by atoms with E-state index >= 15 is 0 Å². The maximum Gasteiger partial charge on any atom is 0.263 e. The summed E-state index contributed by atoms with van der Waals surface area (Å²) in [6, 6.07) is 10.0. The van der Waals surface area contributed by atoms with Crippen molar-refractivity contribution in [2.24, 2.45) is 0 Å². The molecule has 0 saturated heterocycles. The van der Waals surface area contributed by atoms with Crippen LogP contribution >= 0.6 is 43.5 Å². The minimum absolute atomic E-state index is 0.166. The van der Waals surface area contributed by atoms with E-state index in [1.807, 2.05) is 6.92 Å². The molecule has 1 N–H and O–H groups in total. The highest BCUT2D eigenvalue weighted by atomic mass is 79.9. The fourth-order valence-corrected chi connectivity index (χ4v) is 4.44. The normalized spacial score (nSPS) is 11.4. The van der Waals surface area contributed by atoms with Crippen LogP contribution in [-0.4, -0.2) is 8.42 Å². The van der Waals surface area contributed by atoms with E-state index in [9.17, 15) is 8.42 Å². The van der Waals surface area contributed by atoms with E-state index in [0.29, 0.717) is 15.2 Å². The second-order valence-electron chi connectivity index (χ2n) is 4.16. The predicted molar refractivity (Wildman–Crippen MR) is 88.8 cm³/mol. The van der Waals surface area contributed by atoms with Crippen LogP contribution in [0.1, 0.15) is 5.56 Å². The number of benzene rings is 2. The number of anilines is 1. The summed E-state index contributed by atoms with van der Waals surface area (Å²) in [7, 11) is -3.70.